The number of sulfonamides is 1. The number of nitrogens with two attached hydrogens (primary N) is 2. The van der Waals surface area contributed by atoms with Gasteiger partial charge in [0.1, 0.15) is 11.4 Å². The predicted octanol–water partition coefficient (Wildman–Crippen LogP) is 4.35. The van der Waals surface area contributed by atoms with Gasteiger partial charge in [-0.2, -0.15) is 0 Å². The summed E-state index contributed by atoms with van der Waals surface area (Å²) in [6.45, 7) is 0. The van der Waals surface area contributed by atoms with Crippen LogP contribution in [0.15, 0.2) is 70.0 Å². The van der Waals surface area contributed by atoms with Gasteiger partial charge in [0.2, 0.25) is 15.8 Å². The fourth-order valence-electron chi connectivity index (χ4n) is 3.11. The molecule has 0 radical (unpaired) electrons. The number of hydrogen-bond acceptors (Lipinski definition) is 5. The number of benzene rings is 3. The maximum atomic E-state index is 13.3. The van der Waals surface area contributed by atoms with Crippen molar-refractivity contribution in [2.24, 2.45) is 5.14 Å². The zero-order valence-corrected chi connectivity index (χ0v) is 16.8. The van der Waals surface area contributed by atoms with E-state index in [4.69, 9.17) is 26.9 Å². The molecule has 9 heteroatoms. The molecule has 0 aliphatic heterocycles. The molecule has 3 aromatic carbocycles. The van der Waals surface area contributed by atoms with Gasteiger partial charge in [0, 0.05) is 10.9 Å². The lowest BCUT2D eigenvalue weighted by Gasteiger charge is -2.04. The van der Waals surface area contributed by atoms with Crippen LogP contribution in [-0.4, -0.2) is 14.2 Å². The van der Waals surface area contributed by atoms with Gasteiger partial charge < -0.3 is 10.2 Å². The van der Waals surface area contributed by atoms with Crippen LogP contribution in [-0.2, 0) is 10.0 Å². The van der Waals surface area contributed by atoms with Crippen molar-refractivity contribution in [3.8, 4) is 11.1 Å². The molecule has 1 heterocycles. The second-order valence-corrected chi connectivity index (χ2v) is 8.55. The molecule has 0 aliphatic carbocycles. The maximum absolute atomic E-state index is 13.3. The zero-order chi connectivity index (χ0) is 21.6. The van der Waals surface area contributed by atoms with E-state index in [0.717, 1.165) is 12.1 Å². The number of halogens is 2. The Morgan fingerprint density at radius 1 is 1.00 bits per heavy atom. The van der Waals surface area contributed by atoms with E-state index in [-0.39, 0.29) is 26.9 Å². The molecule has 30 heavy (non-hydrogen) atoms. The summed E-state index contributed by atoms with van der Waals surface area (Å²) < 4.78 is 42.2. The Hall–Kier alpha value is -3.20. The first-order valence-electron chi connectivity index (χ1n) is 8.60. The first kappa shape index (κ1) is 20.1. The maximum Gasteiger partial charge on any atom is 0.238 e. The highest BCUT2D eigenvalue weighted by molar-refractivity contribution is 7.89. The number of primary sulfonamides is 1. The molecular weight excluding hydrogens is 431 g/mol. The standard InChI is InChI=1S/C21H14ClFN2O4S/c22-17-10-13(23)5-7-15(17)20(26)21-19(24)16-6-4-12(9-18(16)29-21)11-2-1-3-14(8-11)30(25,27)28/h1-10H,24H2,(H2,25,27,28). The highest BCUT2D eigenvalue weighted by atomic mass is 35.5. The lowest BCUT2D eigenvalue weighted by molar-refractivity contribution is 0.101. The summed E-state index contributed by atoms with van der Waals surface area (Å²) in [5.74, 6) is -1.26. The van der Waals surface area contributed by atoms with Gasteiger partial charge >= 0.3 is 0 Å². The minimum atomic E-state index is -3.85. The Labute approximate surface area is 175 Å². The lowest BCUT2D eigenvalue weighted by Crippen LogP contribution is -2.11. The fourth-order valence-corrected chi connectivity index (χ4v) is 3.93. The summed E-state index contributed by atoms with van der Waals surface area (Å²) in [5.41, 5.74) is 7.84. The van der Waals surface area contributed by atoms with Crippen LogP contribution >= 0.6 is 11.6 Å². The van der Waals surface area contributed by atoms with Crippen molar-refractivity contribution >= 4 is 44.1 Å². The Morgan fingerprint density at radius 3 is 2.43 bits per heavy atom. The van der Waals surface area contributed by atoms with Gasteiger partial charge in [0.05, 0.1) is 15.6 Å². The van der Waals surface area contributed by atoms with Crippen molar-refractivity contribution < 1.29 is 22.0 Å². The molecule has 0 aliphatic rings. The minimum Gasteiger partial charge on any atom is -0.450 e. The van der Waals surface area contributed by atoms with Crippen molar-refractivity contribution in [2.45, 2.75) is 4.90 Å². The number of hydrogen-bond donors (Lipinski definition) is 2. The summed E-state index contributed by atoms with van der Waals surface area (Å²) in [6.07, 6.45) is 0. The molecule has 6 nitrogen and oxygen atoms in total. The lowest BCUT2D eigenvalue weighted by atomic mass is 10.0. The fraction of sp³-hybridized carbons (Fsp3) is 0. The third kappa shape index (κ3) is 3.56. The molecule has 0 spiro atoms. The van der Waals surface area contributed by atoms with Crippen LogP contribution in [0.4, 0.5) is 10.1 Å². The average Bonchev–Trinajstić information content (AvgIpc) is 3.03. The van der Waals surface area contributed by atoms with E-state index in [2.05, 4.69) is 0 Å². The van der Waals surface area contributed by atoms with Crippen molar-refractivity contribution in [1.29, 1.82) is 0 Å². The van der Waals surface area contributed by atoms with Gasteiger partial charge in [-0.25, -0.2) is 17.9 Å². The van der Waals surface area contributed by atoms with Gasteiger partial charge in [-0.15, -0.1) is 0 Å². The second-order valence-electron chi connectivity index (χ2n) is 6.58. The van der Waals surface area contributed by atoms with Gasteiger partial charge in [0.15, 0.2) is 5.76 Å². The molecule has 4 N–H and O–H groups in total. The largest absolute Gasteiger partial charge is 0.450 e. The molecule has 0 unspecified atom stereocenters. The number of rotatable bonds is 4. The quantitative estimate of drug-likeness (QED) is 0.454. The van der Waals surface area contributed by atoms with Crippen LogP contribution in [0, 0.1) is 5.82 Å². The molecule has 0 fully saturated rings. The Bertz CT molecular complexity index is 1430. The van der Waals surface area contributed by atoms with Crippen LogP contribution in [0.1, 0.15) is 16.1 Å². The van der Waals surface area contributed by atoms with Crippen LogP contribution in [0.2, 0.25) is 5.02 Å². The number of ketones is 1. The predicted molar refractivity (Wildman–Crippen MR) is 112 cm³/mol. The van der Waals surface area contributed by atoms with Crippen molar-refractivity contribution in [1.82, 2.24) is 0 Å². The third-order valence-corrected chi connectivity index (χ3v) is 5.83. The number of furan rings is 1. The summed E-state index contributed by atoms with van der Waals surface area (Å²) in [4.78, 5) is 12.8. The van der Waals surface area contributed by atoms with Gasteiger partial charge in [-0.1, -0.05) is 29.8 Å². The van der Waals surface area contributed by atoms with E-state index < -0.39 is 21.6 Å². The molecule has 0 amide bonds. The van der Waals surface area contributed by atoms with Crippen LogP contribution in [0.25, 0.3) is 22.1 Å². The molecule has 4 rings (SSSR count). The van der Waals surface area contributed by atoms with Crippen LogP contribution in [0.3, 0.4) is 0 Å². The Kier molecular flexibility index (Phi) is 4.85. The second kappa shape index (κ2) is 7.24. The molecule has 0 saturated carbocycles. The van der Waals surface area contributed by atoms with Crippen molar-refractivity contribution in [2.75, 3.05) is 5.73 Å². The van der Waals surface area contributed by atoms with E-state index in [0.29, 0.717) is 22.1 Å². The molecule has 0 bridgehead atoms. The molecule has 152 valence electrons. The number of fused-ring (bicyclic) bond motifs is 1. The SMILES string of the molecule is Nc1c(C(=O)c2ccc(F)cc2Cl)oc2cc(-c3cccc(S(N)(=O)=O)c3)ccc12. The van der Waals surface area contributed by atoms with Crippen molar-refractivity contribution in [3.63, 3.8) is 0 Å². The van der Waals surface area contributed by atoms with E-state index in [1.165, 1.54) is 18.2 Å². The summed E-state index contributed by atoms with van der Waals surface area (Å²) in [7, 11) is -3.85. The van der Waals surface area contributed by atoms with Gasteiger partial charge in [-0.3, -0.25) is 4.79 Å². The van der Waals surface area contributed by atoms with Crippen LogP contribution < -0.4 is 10.9 Å². The molecular formula is C21H14ClFN2O4S. The smallest absolute Gasteiger partial charge is 0.238 e. The zero-order valence-electron chi connectivity index (χ0n) is 15.2. The van der Waals surface area contributed by atoms with Gasteiger partial charge in [-0.05, 0) is 53.6 Å². The Morgan fingerprint density at radius 2 is 1.73 bits per heavy atom. The van der Waals surface area contributed by atoms with E-state index in [1.807, 2.05) is 0 Å². The number of nitrogen functional groups attached to an aromatic ring is 1. The summed E-state index contributed by atoms with van der Waals surface area (Å²) >= 11 is 5.98. The average molecular weight is 445 g/mol. The first-order chi connectivity index (χ1) is 14.1. The minimum absolute atomic E-state index is 0.0270. The third-order valence-electron chi connectivity index (χ3n) is 4.61. The normalized spacial score (nSPS) is 11.7. The topological polar surface area (TPSA) is 116 Å². The molecule has 0 saturated heterocycles. The van der Waals surface area contributed by atoms with E-state index in [9.17, 15) is 17.6 Å². The number of anilines is 1. The van der Waals surface area contributed by atoms with Crippen molar-refractivity contribution in [3.05, 3.63) is 82.8 Å². The summed E-state index contributed by atoms with van der Waals surface area (Å²) in [5, 5.41) is 5.64. The number of carbonyl (C=O) groups excluding carboxylic acids is 1. The molecule has 0 atom stereocenters. The van der Waals surface area contributed by atoms with Gasteiger partial charge in [0.25, 0.3) is 0 Å². The highest BCUT2D eigenvalue weighted by Gasteiger charge is 2.22. The van der Waals surface area contributed by atoms with Crippen LogP contribution in [0.5, 0.6) is 0 Å². The first-order valence-corrected chi connectivity index (χ1v) is 10.5. The van der Waals surface area contributed by atoms with E-state index >= 15 is 0 Å². The van der Waals surface area contributed by atoms with E-state index in [1.54, 1.807) is 30.3 Å². The summed E-state index contributed by atoms with van der Waals surface area (Å²) in [6, 6.07) is 14.5. The monoisotopic (exact) mass is 444 g/mol. The molecule has 1 aromatic heterocycles. The number of carbonyl (C=O) groups is 1. The molecule has 4 aromatic rings. The highest BCUT2D eigenvalue weighted by Crippen LogP contribution is 2.34. The Balaban J connectivity index is 1.80.